The lowest BCUT2D eigenvalue weighted by Crippen LogP contribution is -2.20. The number of nitrogens with zero attached hydrogens (tertiary/aromatic N) is 4. The van der Waals surface area contributed by atoms with Crippen LogP contribution < -0.4 is 5.32 Å². The number of anilines is 1. The first kappa shape index (κ1) is 11.1. The highest BCUT2D eigenvalue weighted by molar-refractivity contribution is 5.93. The summed E-state index contributed by atoms with van der Waals surface area (Å²) in [6.07, 6.45) is -1.69. The summed E-state index contributed by atoms with van der Waals surface area (Å²) in [7, 11) is 0. The van der Waals surface area contributed by atoms with Gasteiger partial charge in [0.25, 0.3) is 5.91 Å². The van der Waals surface area contributed by atoms with E-state index in [4.69, 9.17) is 0 Å². The highest BCUT2D eigenvalue weighted by Crippen LogP contribution is 2.13. The van der Waals surface area contributed by atoms with Crippen LogP contribution in [0.15, 0.2) is 30.6 Å². The summed E-state index contributed by atoms with van der Waals surface area (Å²) in [5.41, 5.74) is 0.811. The van der Waals surface area contributed by atoms with Gasteiger partial charge in [-0.05, 0) is 28.6 Å². The quantitative estimate of drug-likeness (QED) is 0.862. The molecule has 1 amide bonds. The minimum Gasteiger partial charge on any atom is -0.321 e. The number of hydrogen-bond acceptors (Lipinski definition) is 4. The van der Waals surface area contributed by atoms with Gasteiger partial charge in [0.15, 0.2) is 0 Å². The molecule has 1 aromatic carbocycles. The van der Waals surface area contributed by atoms with Gasteiger partial charge in [-0.3, -0.25) is 4.79 Å². The summed E-state index contributed by atoms with van der Waals surface area (Å²) in [6.45, 7) is 0. The molecule has 88 valence electrons. The lowest BCUT2D eigenvalue weighted by Gasteiger charge is -2.06. The Morgan fingerprint density at radius 2 is 2.24 bits per heavy atom. The predicted molar refractivity (Wildman–Crippen MR) is 53.8 cm³/mol. The molecular weight excluding hydrogens is 232 g/mol. The molecule has 0 saturated carbocycles. The Morgan fingerprint density at radius 3 is 2.88 bits per heavy atom. The Balaban J connectivity index is 2.20. The van der Waals surface area contributed by atoms with Crippen LogP contribution in [-0.2, 0) is 4.79 Å². The fourth-order valence-electron chi connectivity index (χ4n) is 1.20. The van der Waals surface area contributed by atoms with Crippen LogP contribution in [0.2, 0.25) is 0 Å². The zero-order valence-corrected chi connectivity index (χ0v) is 8.42. The molecule has 0 radical (unpaired) electrons. The van der Waals surface area contributed by atoms with Gasteiger partial charge in [-0.25, -0.2) is 4.68 Å². The SMILES string of the molecule is O=C(Nc1cccc(-n2cnnn2)c1)C(F)F. The van der Waals surface area contributed by atoms with Crippen molar-refractivity contribution in [1.29, 1.82) is 0 Å². The van der Waals surface area contributed by atoms with Crippen molar-refractivity contribution in [2.75, 3.05) is 5.32 Å². The minimum absolute atomic E-state index is 0.253. The molecule has 1 N–H and O–H groups in total. The maximum absolute atomic E-state index is 12.0. The van der Waals surface area contributed by atoms with Crippen molar-refractivity contribution in [2.24, 2.45) is 0 Å². The second-order valence-electron chi connectivity index (χ2n) is 3.09. The molecule has 0 atom stereocenters. The van der Waals surface area contributed by atoms with Crippen molar-refractivity contribution < 1.29 is 13.6 Å². The monoisotopic (exact) mass is 239 g/mol. The maximum atomic E-state index is 12.0. The van der Waals surface area contributed by atoms with E-state index in [1.807, 2.05) is 0 Å². The van der Waals surface area contributed by atoms with E-state index in [1.54, 1.807) is 12.1 Å². The molecule has 2 rings (SSSR count). The van der Waals surface area contributed by atoms with Gasteiger partial charge in [0.05, 0.1) is 5.69 Å². The normalized spacial score (nSPS) is 10.5. The number of alkyl halides is 2. The molecule has 0 spiro atoms. The molecule has 17 heavy (non-hydrogen) atoms. The predicted octanol–water partition coefficient (Wildman–Crippen LogP) is 0.866. The van der Waals surface area contributed by atoms with Crippen LogP contribution in [0.3, 0.4) is 0 Å². The topological polar surface area (TPSA) is 72.7 Å². The van der Waals surface area contributed by atoms with Crippen molar-refractivity contribution in [3.63, 3.8) is 0 Å². The van der Waals surface area contributed by atoms with Gasteiger partial charge in [-0.15, -0.1) is 5.10 Å². The van der Waals surface area contributed by atoms with E-state index in [-0.39, 0.29) is 5.69 Å². The third kappa shape index (κ3) is 2.60. The molecule has 0 aliphatic heterocycles. The van der Waals surface area contributed by atoms with Crippen molar-refractivity contribution in [2.45, 2.75) is 6.43 Å². The molecule has 1 heterocycles. The average molecular weight is 239 g/mol. The van der Waals surface area contributed by atoms with Gasteiger partial charge in [0.1, 0.15) is 6.33 Å². The van der Waals surface area contributed by atoms with Crippen molar-refractivity contribution in [1.82, 2.24) is 20.2 Å². The van der Waals surface area contributed by atoms with Crippen LogP contribution in [0.25, 0.3) is 5.69 Å². The number of carbonyl (C=O) groups is 1. The van der Waals surface area contributed by atoms with Crippen molar-refractivity contribution >= 4 is 11.6 Å². The standard InChI is InChI=1S/C9H7F2N5O/c10-8(11)9(17)13-6-2-1-3-7(4-6)16-5-12-14-15-16/h1-5,8H,(H,13,17). The van der Waals surface area contributed by atoms with Gasteiger partial charge >= 0.3 is 6.43 Å². The fourth-order valence-corrected chi connectivity index (χ4v) is 1.20. The van der Waals surface area contributed by atoms with Crippen LogP contribution in [0.1, 0.15) is 0 Å². The molecule has 0 saturated heterocycles. The molecule has 8 heteroatoms. The number of tetrazole rings is 1. The van der Waals surface area contributed by atoms with E-state index in [9.17, 15) is 13.6 Å². The van der Waals surface area contributed by atoms with E-state index >= 15 is 0 Å². The van der Waals surface area contributed by atoms with Crippen molar-refractivity contribution in [3.8, 4) is 5.69 Å². The summed E-state index contributed by atoms with van der Waals surface area (Å²) in [6, 6.07) is 6.25. The molecule has 0 unspecified atom stereocenters. The lowest BCUT2D eigenvalue weighted by molar-refractivity contribution is -0.126. The smallest absolute Gasteiger partial charge is 0.315 e. The van der Waals surface area contributed by atoms with Crippen molar-refractivity contribution in [3.05, 3.63) is 30.6 Å². The number of benzene rings is 1. The minimum atomic E-state index is -3.05. The van der Waals surface area contributed by atoms with E-state index in [0.717, 1.165) is 0 Å². The molecular formula is C9H7F2N5O. The third-order valence-corrected chi connectivity index (χ3v) is 1.93. The van der Waals surface area contributed by atoms with E-state index in [0.29, 0.717) is 5.69 Å². The van der Waals surface area contributed by atoms with Crippen LogP contribution in [0.5, 0.6) is 0 Å². The summed E-state index contributed by atoms with van der Waals surface area (Å²) < 4.78 is 25.4. The lowest BCUT2D eigenvalue weighted by atomic mass is 10.3. The van der Waals surface area contributed by atoms with Gasteiger partial charge in [-0.2, -0.15) is 8.78 Å². The van der Waals surface area contributed by atoms with Gasteiger partial charge in [-0.1, -0.05) is 6.07 Å². The Labute approximate surface area is 94.2 Å². The second kappa shape index (κ2) is 4.64. The molecule has 1 aromatic heterocycles. The third-order valence-electron chi connectivity index (χ3n) is 1.93. The number of hydrogen-bond donors (Lipinski definition) is 1. The number of carbonyl (C=O) groups excluding carboxylic acids is 1. The zero-order valence-electron chi connectivity index (χ0n) is 8.42. The fraction of sp³-hybridized carbons (Fsp3) is 0.111. The highest BCUT2D eigenvalue weighted by atomic mass is 19.3. The summed E-state index contributed by atoms with van der Waals surface area (Å²) in [5, 5.41) is 12.6. The summed E-state index contributed by atoms with van der Waals surface area (Å²) >= 11 is 0. The van der Waals surface area contributed by atoms with E-state index in [2.05, 4.69) is 20.8 Å². The number of nitrogens with one attached hydrogen (secondary N) is 1. The number of aromatic nitrogens is 4. The maximum Gasteiger partial charge on any atom is 0.315 e. The summed E-state index contributed by atoms with van der Waals surface area (Å²) in [5.74, 6) is -1.35. The number of halogens is 2. The first-order chi connectivity index (χ1) is 8.16. The first-order valence-electron chi connectivity index (χ1n) is 4.59. The van der Waals surface area contributed by atoms with Gasteiger partial charge in [0, 0.05) is 5.69 Å². The average Bonchev–Trinajstić information content (AvgIpc) is 2.82. The number of amides is 1. The molecule has 0 bridgehead atoms. The van der Waals surface area contributed by atoms with Crippen LogP contribution in [0.4, 0.5) is 14.5 Å². The van der Waals surface area contributed by atoms with Crippen LogP contribution >= 0.6 is 0 Å². The Hall–Kier alpha value is -2.38. The van der Waals surface area contributed by atoms with E-state index in [1.165, 1.54) is 23.1 Å². The molecule has 0 aliphatic carbocycles. The molecule has 0 aliphatic rings. The largest absolute Gasteiger partial charge is 0.321 e. The zero-order chi connectivity index (χ0) is 12.3. The molecule has 0 fully saturated rings. The Kier molecular flexibility index (Phi) is 3.03. The van der Waals surface area contributed by atoms with Gasteiger partial charge in [0.2, 0.25) is 0 Å². The molecule has 6 nitrogen and oxygen atoms in total. The molecule has 2 aromatic rings. The highest BCUT2D eigenvalue weighted by Gasteiger charge is 2.15. The van der Waals surface area contributed by atoms with Gasteiger partial charge < -0.3 is 5.32 Å². The second-order valence-corrected chi connectivity index (χ2v) is 3.09. The van der Waals surface area contributed by atoms with Crippen LogP contribution in [-0.4, -0.2) is 32.5 Å². The number of rotatable bonds is 3. The Bertz CT molecular complexity index is 514. The van der Waals surface area contributed by atoms with E-state index < -0.39 is 12.3 Å². The van der Waals surface area contributed by atoms with Crippen LogP contribution in [0, 0.1) is 0 Å². The first-order valence-corrected chi connectivity index (χ1v) is 4.59. The summed E-state index contributed by atoms with van der Waals surface area (Å²) in [4.78, 5) is 10.8. The Morgan fingerprint density at radius 1 is 1.41 bits per heavy atom.